The highest BCUT2D eigenvalue weighted by atomic mass is 32.1. The number of hydrogen-bond donors (Lipinski definition) is 0. The van der Waals surface area contributed by atoms with Gasteiger partial charge in [-0.05, 0) is 68.8 Å². The van der Waals surface area contributed by atoms with Crippen LogP contribution in [0.3, 0.4) is 0 Å². The lowest BCUT2D eigenvalue weighted by Crippen LogP contribution is -2.28. The third-order valence-corrected chi connectivity index (χ3v) is 12.3. The van der Waals surface area contributed by atoms with Gasteiger partial charge in [-0.3, -0.25) is 0 Å². The Hall–Kier alpha value is -6.35. The van der Waals surface area contributed by atoms with Crippen molar-refractivity contribution in [2.45, 2.75) is 5.41 Å². The summed E-state index contributed by atoms with van der Waals surface area (Å²) >= 11 is 1.87. The standard InChI is InChI=1S/C50H31NS/c1-4-14-32(15-5-1)49-41-28-29-46-48(40-21-11-13-23-45(40)52-46)47(41)39-27-25-34(31-44(39)51-49)33-24-26-38-37-20-10-12-22-42(37)50(43(38)30-33,35-16-6-2-7-17-35)36-18-8-3-9-19-36/h1-31H. The molecule has 2 heterocycles. The lowest BCUT2D eigenvalue weighted by atomic mass is 9.67. The van der Waals surface area contributed by atoms with Crippen LogP contribution in [0.2, 0.25) is 0 Å². The first-order chi connectivity index (χ1) is 25.8. The Morgan fingerprint density at radius 2 is 1.00 bits per heavy atom. The van der Waals surface area contributed by atoms with E-state index in [1.165, 1.54) is 75.3 Å². The average molecular weight is 678 g/mol. The van der Waals surface area contributed by atoms with E-state index in [1.807, 2.05) is 11.3 Å². The van der Waals surface area contributed by atoms with E-state index in [0.29, 0.717) is 0 Å². The minimum atomic E-state index is -0.443. The van der Waals surface area contributed by atoms with Gasteiger partial charge in [0.2, 0.25) is 0 Å². The van der Waals surface area contributed by atoms with Crippen LogP contribution >= 0.6 is 11.3 Å². The van der Waals surface area contributed by atoms with Crippen LogP contribution in [0.1, 0.15) is 22.3 Å². The summed E-state index contributed by atoms with van der Waals surface area (Å²) < 4.78 is 2.62. The first-order valence-electron chi connectivity index (χ1n) is 17.9. The molecule has 0 amide bonds. The molecule has 0 bridgehead atoms. The summed E-state index contributed by atoms with van der Waals surface area (Å²) in [5.41, 5.74) is 12.8. The van der Waals surface area contributed by atoms with Crippen LogP contribution in [0.25, 0.3) is 75.4 Å². The van der Waals surface area contributed by atoms with E-state index < -0.39 is 5.41 Å². The molecule has 0 aliphatic heterocycles. The molecule has 8 aromatic carbocycles. The second kappa shape index (κ2) is 11.3. The molecule has 11 rings (SSSR count). The molecule has 0 fully saturated rings. The van der Waals surface area contributed by atoms with Gasteiger partial charge < -0.3 is 0 Å². The Labute approximate surface area is 306 Å². The average Bonchev–Trinajstić information content (AvgIpc) is 3.75. The van der Waals surface area contributed by atoms with Gasteiger partial charge in [-0.2, -0.15) is 0 Å². The zero-order valence-corrected chi connectivity index (χ0v) is 29.1. The molecule has 10 aromatic rings. The van der Waals surface area contributed by atoms with Crippen molar-refractivity contribution in [3.8, 4) is 33.5 Å². The van der Waals surface area contributed by atoms with Gasteiger partial charge >= 0.3 is 0 Å². The van der Waals surface area contributed by atoms with Crippen molar-refractivity contribution >= 4 is 53.2 Å². The number of rotatable bonds is 4. The Balaban J connectivity index is 1.19. The lowest BCUT2D eigenvalue weighted by molar-refractivity contribution is 0.769. The van der Waals surface area contributed by atoms with Gasteiger partial charge in [0, 0.05) is 41.9 Å². The number of thiophene rings is 1. The van der Waals surface area contributed by atoms with Gasteiger partial charge in [0.25, 0.3) is 0 Å². The number of pyridine rings is 1. The SMILES string of the molecule is c1ccc(-c2nc3cc(-c4ccc5c(c4)C(c4ccccc4)(c4ccccc4)c4ccccc4-5)ccc3c3c2ccc2sc4ccccc4c23)cc1. The summed E-state index contributed by atoms with van der Waals surface area (Å²) in [7, 11) is 0. The number of hydrogen-bond acceptors (Lipinski definition) is 2. The largest absolute Gasteiger partial charge is 0.247 e. The summed E-state index contributed by atoms with van der Waals surface area (Å²) in [5, 5.41) is 6.28. The predicted octanol–water partition coefficient (Wildman–Crippen LogP) is 13.5. The maximum absolute atomic E-state index is 5.46. The summed E-state index contributed by atoms with van der Waals surface area (Å²) in [6.07, 6.45) is 0. The highest BCUT2D eigenvalue weighted by Crippen LogP contribution is 2.56. The van der Waals surface area contributed by atoms with Crippen LogP contribution in [0, 0.1) is 0 Å². The molecule has 1 nitrogen and oxygen atoms in total. The van der Waals surface area contributed by atoms with Crippen molar-refractivity contribution in [1.29, 1.82) is 0 Å². The molecule has 1 aliphatic carbocycles. The van der Waals surface area contributed by atoms with Crippen molar-refractivity contribution in [3.63, 3.8) is 0 Å². The summed E-state index contributed by atoms with van der Waals surface area (Å²) in [4.78, 5) is 5.46. The molecule has 0 unspecified atom stereocenters. The molecule has 2 heteroatoms. The smallest absolute Gasteiger partial charge is 0.0788 e. The van der Waals surface area contributed by atoms with Crippen LogP contribution in [-0.2, 0) is 5.41 Å². The van der Waals surface area contributed by atoms with Gasteiger partial charge in [-0.1, -0.05) is 164 Å². The van der Waals surface area contributed by atoms with E-state index in [1.54, 1.807) is 0 Å². The maximum atomic E-state index is 5.46. The molecular formula is C50H31NS. The summed E-state index contributed by atoms with van der Waals surface area (Å²) in [6, 6.07) is 69.0. The first-order valence-corrected chi connectivity index (χ1v) is 18.7. The zero-order chi connectivity index (χ0) is 34.2. The third-order valence-electron chi connectivity index (χ3n) is 11.1. The van der Waals surface area contributed by atoms with Crippen molar-refractivity contribution in [3.05, 3.63) is 210 Å². The number of nitrogens with zero attached hydrogens (tertiary/aromatic N) is 1. The number of aromatic nitrogens is 1. The Bertz CT molecular complexity index is 2960. The molecule has 242 valence electrons. The van der Waals surface area contributed by atoms with E-state index in [4.69, 9.17) is 4.98 Å². The molecule has 2 aromatic heterocycles. The van der Waals surface area contributed by atoms with Crippen molar-refractivity contribution in [2.75, 3.05) is 0 Å². The minimum Gasteiger partial charge on any atom is -0.247 e. The quantitative estimate of drug-likeness (QED) is 0.169. The molecule has 0 saturated carbocycles. The van der Waals surface area contributed by atoms with Gasteiger partial charge in [0.05, 0.1) is 16.6 Å². The maximum Gasteiger partial charge on any atom is 0.0788 e. The lowest BCUT2D eigenvalue weighted by Gasteiger charge is -2.34. The molecule has 52 heavy (non-hydrogen) atoms. The molecule has 0 spiro atoms. The summed E-state index contributed by atoms with van der Waals surface area (Å²) in [6.45, 7) is 0. The van der Waals surface area contributed by atoms with Crippen LogP contribution < -0.4 is 0 Å². The van der Waals surface area contributed by atoms with Crippen LogP contribution in [0.4, 0.5) is 0 Å². The fourth-order valence-electron chi connectivity index (χ4n) is 8.93. The topological polar surface area (TPSA) is 12.9 Å². The molecular weight excluding hydrogens is 647 g/mol. The fraction of sp³-hybridized carbons (Fsp3) is 0.0200. The Morgan fingerprint density at radius 1 is 0.385 bits per heavy atom. The molecule has 0 saturated heterocycles. The van der Waals surface area contributed by atoms with Crippen LogP contribution in [-0.4, -0.2) is 4.98 Å². The van der Waals surface area contributed by atoms with Crippen molar-refractivity contribution in [2.24, 2.45) is 0 Å². The zero-order valence-electron chi connectivity index (χ0n) is 28.3. The van der Waals surface area contributed by atoms with E-state index in [-0.39, 0.29) is 0 Å². The van der Waals surface area contributed by atoms with Crippen LogP contribution in [0.15, 0.2) is 188 Å². The van der Waals surface area contributed by atoms with E-state index in [0.717, 1.165) is 22.3 Å². The van der Waals surface area contributed by atoms with Gasteiger partial charge in [-0.15, -0.1) is 11.3 Å². The van der Waals surface area contributed by atoms with E-state index in [9.17, 15) is 0 Å². The highest BCUT2D eigenvalue weighted by Gasteiger charge is 2.46. The third kappa shape index (κ3) is 4.13. The van der Waals surface area contributed by atoms with Crippen LogP contribution in [0.5, 0.6) is 0 Å². The first kappa shape index (κ1) is 29.4. The molecule has 0 radical (unpaired) electrons. The van der Waals surface area contributed by atoms with E-state index in [2.05, 4.69) is 188 Å². The van der Waals surface area contributed by atoms with Crippen molar-refractivity contribution in [1.82, 2.24) is 4.98 Å². The molecule has 0 atom stereocenters. The Morgan fingerprint density at radius 3 is 1.79 bits per heavy atom. The fourth-order valence-corrected chi connectivity index (χ4v) is 10.0. The Kier molecular flexibility index (Phi) is 6.40. The monoisotopic (exact) mass is 677 g/mol. The number of fused-ring (bicyclic) bond motifs is 10. The number of benzene rings is 8. The highest BCUT2D eigenvalue weighted by molar-refractivity contribution is 7.26. The minimum absolute atomic E-state index is 0.443. The van der Waals surface area contributed by atoms with Crippen molar-refractivity contribution < 1.29 is 0 Å². The predicted molar refractivity (Wildman–Crippen MR) is 220 cm³/mol. The van der Waals surface area contributed by atoms with E-state index >= 15 is 0 Å². The second-order valence-corrected chi connectivity index (χ2v) is 14.9. The van der Waals surface area contributed by atoms with Gasteiger partial charge in [0.15, 0.2) is 0 Å². The summed E-state index contributed by atoms with van der Waals surface area (Å²) in [5.74, 6) is 0. The van der Waals surface area contributed by atoms with Gasteiger partial charge in [-0.25, -0.2) is 4.98 Å². The second-order valence-electron chi connectivity index (χ2n) is 13.8. The normalized spacial score (nSPS) is 13.2. The molecule has 1 aliphatic rings. The molecule has 0 N–H and O–H groups in total. The van der Waals surface area contributed by atoms with Gasteiger partial charge in [0.1, 0.15) is 0 Å².